The minimum atomic E-state index is -0.513. The number of nitrogens with two attached hydrogens (primary N) is 1. The summed E-state index contributed by atoms with van der Waals surface area (Å²) >= 11 is 0. The van der Waals surface area contributed by atoms with Crippen molar-refractivity contribution in [2.75, 3.05) is 12.3 Å². The fourth-order valence-electron chi connectivity index (χ4n) is 2.37. The summed E-state index contributed by atoms with van der Waals surface area (Å²) in [5, 5.41) is 2.73. The molecule has 3 N–H and O–H groups in total. The average Bonchev–Trinajstić information content (AvgIpc) is 2.53. The van der Waals surface area contributed by atoms with E-state index < -0.39 is 11.7 Å². The zero-order valence-corrected chi connectivity index (χ0v) is 15.3. The Morgan fingerprint density at radius 3 is 2.36 bits per heavy atom. The van der Waals surface area contributed by atoms with E-state index in [9.17, 15) is 4.79 Å². The number of nitrogen functional groups attached to an aromatic ring is 1. The molecule has 0 spiro atoms. The van der Waals surface area contributed by atoms with E-state index in [1.54, 1.807) is 0 Å². The van der Waals surface area contributed by atoms with Crippen molar-refractivity contribution in [3.8, 4) is 16.9 Å². The van der Waals surface area contributed by atoms with E-state index >= 15 is 0 Å². The number of amides is 1. The van der Waals surface area contributed by atoms with Gasteiger partial charge < -0.3 is 20.5 Å². The maximum Gasteiger partial charge on any atom is 0.407 e. The molecule has 0 unspecified atom stereocenters. The summed E-state index contributed by atoms with van der Waals surface area (Å²) in [4.78, 5) is 11.7. The molecule has 0 bridgehead atoms. The van der Waals surface area contributed by atoms with Crippen LogP contribution in [-0.4, -0.2) is 18.3 Å². The van der Waals surface area contributed by atoms with Crippen LogP contribution in [0.4, 0.5) is 10.5 Å². The van der Waals surface area contributed by atoms with Crippen LogP contribution >= 0.6 is 0 Å². The van der Waals surface area contributed by atoms with Crippen molar-refractivity contribution in [2.45, 2.75) is 39.8 Å². The first-order valence-corrected chi connectivity index (χ1v) is 8.37. The number of rotatable bonds is 5. The van der Waals surface area contributed by atoms with E-state index in [2.05, 4.69) is 5.32 Å². The van der Waals surface area contributed by atoms with Gasteiger partial charge in [-0.15, -0.1) is 0 Å². The molecular weight excluding hydrogens is 316 g/mol. The maximum absolute atomic E-state index is 11.7. The van der Waals surface area contributed by atoms with Gasteiger partial charge in [-0.2, -0.15) is 0 Å². The molecule has 1 amide bonds. The molecule has 5 heteroatoms. The highest BCUT2D eigenvalue weighted by Crippen LogP contribution is 2.28. The van der Waals surface area contributed by atoms with Crippen LogP contribution < -0.4 is 15.8 Å². The number of benzene rings is 2. The predicted octanol–water partition coefficient (Wildman–Crippen LogP) is 4.36. The smallest absolute Gasteiger partial charge is 0.407 e. The Kier molecular flexibility index (Phi) is 5.91. The minimum absolute atomic E-state index is 0.364. The summed E-state index contributed by atoms with van der Waals surface area (Å²) in [5.74, 6) is 0.836. The molecule has 2 aromatic rings. The van der Waals surface area contributed by atoms with Crippen molar-refractivity contribution >= 4 is 11.8 Å². The molecule has 0 heterocycles. The van der Waals surface area contributed by atoms with Crippen molar-refractivity contribution in [1.29, 1.82) is 0 Å². The molecule has 0 aliphatic carbocycles. The summed E-state index contributed by atoms with van der Waals surface area (Å²) in [6.07, 6.45) is -0.443. The van der Waals surface area contributed by atoms with E-state index in [-0.39, 0.29) is 0 Å². The van der Waals surface area contributed by atoms with Gasteiger partial charge in [-0.1, -0.05) is 24.3 Å². The number of hydrogen-bond acceptors (Lipinski definition) is 4. The van der Waals surface area contributed by atoms with Gasteiger partial charge in [-0.25, -0.2) is 4.79 Å². The van der Waals surface area contributed by atoms with E-state index in [1.165, 1.54) is 0 Å². The Labute approximate surface area is 149 Å². The zero-order chi connectivity index (χ0) is 18.4. The second-order valence-electron chi connectivity index (χ2n) is 6.73. The van der Waals surface area contributed by atoms with Crippen molar-refractivity contribution < 1.29 is 14.3 Å². The number of ether oxygens (including phenoxy) is 2. The number of carbonyl (C=O) groups is 1. The lowest BCUT2D eigenvalue weighted by Gasteiger charge is -2.19. The van der Waals surface area contributed by atoms with Gasteiger partial charge in [0.25, 0.3) is 0 Å². The number of anilines is 1. The molecule has 0 saturated carbocycles. The first kappa shape index (κ1) is 18.6. The Morgan fingerprint density at radius 2 is 1.80 bits per heavy atom. The minimum Gasteiger partial charge on any atom is -0.494 e. The van der Waals surface area contributed by atoms with Crippen LogP contribution in [0, 0.1) is 0 Å². The zero-order valence-electron chi connectivity index (χ0n) is 15.3. The molecule has 0 aliphatic rings. The number of carbonyl (C=O) groups excluding carboxylic acids is 1. The van der Waals surface area contributed by atoms with E-state index in [0.717, 1.165) is 22.4 Å². The summed E-state index contributed by atoms with van der Waals surface area (Å²) in [7, 11) is 0. The summed E-state index contributed by atoms with van der Waals surface area (Å²) in [6, 6.07) is 13.6. The topological polar surface area (TPSA) is 73.6 Å². The fraction of sp³-hybridized carbons (Fsp3) is 0.350. The van der Waals surface area contributed by atoms with Gasteiger partial charge in [0.2, 0.25) is 0 Å². The third kappa shape index (κ3) is 5.71. The molecule has 2 rings (SSSR count). The lowest BCUT2D eigenvalue weighted by molar-refractivity contribution is 0.0523. The van der Waals surface area contributed by atoms with E-state index in [0.29, 0.717) is 18.8 Å². The Hall–Kier alpha value is -2.69. The molecule has 5 nitrogen and oxygen atoms in total. The van der Waals surface area contributed by atoms with E-state index in [1.807, 2.05) is 70.2 Å². The van der Waals surface area contributed by atoms with Gasteiger partial charge in [-0.05, 0) is 57.0 Å². The van der Waals surface area contributed by atoms with Crippen LogP contribution in [-0.2, 0) is 11.3 Å². The highest BCUT2D eigenvalue weighted by Gasteiger charge is 2.15. The van der Waals surface area contributed by atoms with E-state index in [4.69, 9.17) is 15.2 Å². The highest BCUT2D eigenvalue weighted by molar-refractivity contribution is 5.77. The molecule has 0 radical (unpaired) electrons. The van der Waals surface area contributed by atoms with Crippen molar-refractivity contribution in [1.82, 2.24) is 5.32 Å². The quantitative estimate of drug-likeness (QED) is 0.792. The van der Waals surface area contributed by atoms with Crippen LogP contribution in [0.2, 0.25) is 0 Å². The van der Waals surface area contributed by atoms with Crippen molar-refractivity contribution in [2.24, 2.45) is 0 Å². The third-order valence-electron chi connectivity index (χ3n) is 3.43. The molecule has 25 heavy (non-hydrogen) atoms. The number of nitrogens with one attached hydrogen (secondary N) is 1. The summed E-state index contributed by atoms with van der Waals surface area (Å²) in [6.45, 7) is 8.45. The van der Waals surface area contributed by atoms with Crippen LogP contribution in [0.5, 0.6) is 5.75 Å². The second-order valence-corrected chi connectivity index (χ2v) is 6.73. The fourth-order valence-corrected chi connectivity index (χ4v) is 2.37. The first-order valence-electron chi connectivity index (χ1n) is 8.37. The standard InChI is InChI=1S/C20H26N2O3/c1-5-24-16-9-7-15(8-10-16)17-11-6-14(12-18(17)21)13-22-19(23)25-20(2,3)4/h6-12H,5,13,21H2,1-4H3,(H,22,23). The van der Waals surface area contributed by atoms with Gasteiger partial charge in [-0.3, -0.25) is 0 Å². The molecule has 2 aromatic carbocycles. The Balaban J connectivity index is 2.04. The first-order chi connectivity index (χ1) is 11.8. The number of hydrogen-bond donors (Lipinski definition) is 2. The maximum atomic E-state index is 11.7. The highest BCUT2D eigenvalue weighted by atomic mass is 16.6. The normalized spacial score (nSPS) is 11.0. The van der Waals surface area contributed by atoms with Crippen LogP contribution in [0.15, 0.2) is 42.5 Å². The Bertz CT molecular complexity index is 719. The number of alkyl carbamates (subject to hydrolysis) is 1. The van der Waals surface area contributed by atoms with Gasteiger partial charge in [0.05, 0.1) is 6.61 Å². The van der Waals surface area contributed by atoms with Crippen LogP contribution in [0.1, 0.15) is 33.3 Å². The summed E-state index contributed by atoms with van der Waals surface area (Å²) < 4.78 is 10.7. The molecular formula is C20H26N2O3. The SMILES string of the molecule is CCOc1ccc(-c2ccc(CNC(=O)OC(C)(C)C)cc2N)cc1. The lowest BCUT2D eigenvalue weighted by Crippen LogP contribution is -2.32. The predicted molar refractivity (Wildman–Crippen MR) is 101 cm³/mol. The van der Waals surface area contributed by atoms with Gasteiger partial charge in [0.1, 0.15) is 11.4 Å². The van der Waals surface area contributed by atoms with Gasteiger partial charge >= 0.3 is 6.09 Å². The Morgan fingerprint density at radius 1 is 1.12 bits per heavy atom. The average molecular weight is 342 g/mol. The van der Waals surface area contributed by atoms with Crippen molar-refractivity contribution in [3.63, 3.8) is 0 Å². The molecule has 0 atom stereocenters. The van der Waals surface area contributed by atoms with Crippen LogP contribution in [0.25, 0.3) is 11.1 Å². The lowest BCUT2D eigenvalue weighted by atomic mass is 10.0. The molecule has 0 aromatic heterocycles. The van der Waals surface area contributed by atoms with Crippen molar-refractivity contribution in [3.05, 3.63) is 48.0 Å². The third-order valence-corrected chi connectivity index (χ3v) is 3.43. The largest absolute Gasteiger partial charge is 0.494 e. The monoisotopic (exact) mass is 342 g/mol. The molecule has 134 valence electrons. The second kappa shape index (κ2) is 7.92. The molecule has 0 fully saturated rings. The molecule has 0 saturated heterocycles. The van der Waals surface area contributed by atoms with Gasteiger partial charge in [0.15, 0.2) is 0 Å². The van der Waals surface area contributed by atoms with Crippen LogP contribution in [0.3, 0.4) is 0 Å². The summed E-state index contributed by atoms with van der Waals surface area (Å²) in [5.41, 5.74) is 9.21. The van der Waals surface area contributed by atoms with Gasteiger partial charge in [0, 0.05) is 17.8 Å². The molecule has 0 aliphatic heterocycles.